The summed E-state index contributed by atoms with van der Waals surface area (Å²) in [6.45, 7) is 2.07. The molecule has 1 aromatic heterocycles. The number of rotatable bonds is 3. The number of aryl methyl sites for hydroxylation is 1. The van der Waals surface area contributed by atoms with Crippen LogP contribution in [0.3, 0.4) is 0 Å². The predicted octanol–water partition coefficient (Wildman–Crippen LogP) is 5.49. The Labute approximate surface area is 162 Å². The molecule has 0 aliphatic carbocycles. The molecule has 26 heavy (non-hydrogen) atoms. The number of benzene rings is 2. The van der Waals surface area contributed by atoms with Crippen molar-refractivity contribution in [1.29, 1.82) is 0 Å². The van der Waals surface area contributed by atoms with Gasteiger partial charge in [0.25, 0.3) is 0 Å². The number of carbonyl (C=O) groups excluding carboxylic acids is 1. The van der Waals surface area contributed by atoms with Crippen LogP contribution in [0.1, 0.15) is 16.5 Å². The molecule has 3 aromatic rings. The van der Waals surface area contributed by atoms with Crippen LogP contribution in [0.2, 0.25) is 5.02 Å². The third-order valence-electron chi connectivity index (χ3n) is 4.43. The average Bonchev–Trinajstić information content (AvgIpc) is 3.04. The topological polar surface area (TPSA) is 33.2 Å². The highest BCUT2D eigenvalue weighted by molar-refractivity contribution is 8.00. The summed E-state index contributed by atoms with van der Waals surface area (Å²) >= 11 is 7.77. The van der Waals surface area contributed by atoms with E-state index in [-0.39, 0.29) is 11.3 Å². The molecular weight excluding hydrogens is 364 g/mol. The third-order valence-corrected chi connectivity index (χ3v) is 5.86. The fourth-order valence-corrected chi connectivity index (χ4v) is 4.54. The number of hydrogen-bond donors (Lipinski definition) is 0. The SMILES string of the molecule is Cc1ccc(-c2ccncc2C2SCC(=O)N2c2cccc(Cl)c2)cc1. The molecule has 1 aliphatic rings. The van der Waals surface area contributed by atoms with E-state index < -0.39 is 0 Å². The molecule has 1 amide bonds. The number of pyridine rings is 1. The van der Waals surface area contributed by atoms with Gasteiger partial charge in [-0.2, -0.15) is 0 Å². The van der Waals surface area contributed by atoms with Crippen molar-refractivity contribution in [1.82, 2.24) is 4.98 Å². The van der Waals surface area contributed by atoms with Crippen LogP contribution < -0.4 is 4.90 Å². The van der Waals surface area contributed by atoms with Gasteiger partial charge in [0.05, 0.1) is 5.75 Å². The molecule has 2 aromatic carbocycles. The summed E-state index contributed by atoms with van der Waals surface area (Å²) in [7, 11) is 0. The Morgan fingerprint density at radius 2 is 1.96 bits per heavy atom. The number of thioether (sulfide) groups is 1. The van der Waals surface area contributed by atoms with Crippen LogP contribution in [0.5, 0.6) is 0 Å². The lowest BCUT2D eigenvalue weighted by Gasteiger charge is -2.26. The van der Waals surface area contributed by atoms with Crippen molar-refractivity contribution in [3.8, 4) is 11.1 Å². The summed E-state index contributed by atoms with van der Waals surface area (Å²) in [5.41, 5.74) is 5.29. The maximum absolute atomic E-state index is 12.6. The summed E-state index contributed by atoms with van der Waals surface area (Å²) in [5.74, 6) is 0.528. The normalized spacial score (nSPS) is 16.9. The van der Waals surface area contributed by atoms with Crippen LogP contribution in [0.4, 0.5) is 5.69 Å². The van der Waals surface area contributed by atoms with E-state index in [0.29, 0.717) is 10.8 Å². The Bertz CT molecular complexity index is 958. The van der Waals surface area contributed by atoms with E-state index in [1.165, 1.54) is 5.56 Å². The second kappa shape index (κ2) is 7.14. The number of carbonyl (C=O) groups is 1. The zero-order chi connectivity index (χ0) is 18.1. The summed E-state index contributed by atoms with van der Waals surface area (Å²) < 4.78 is 0. The first-order valence-corrected chi connectivity index (χ1v) is 9.76. The second-order valence-electron chi connectivity index (χ2n) is 6.24. The lowest BCUT2D eigenvalue weighted by molar-refractivity contribution is -0.115. The highest BCUT2D eigenvalue weighted by atomic mass is 35.5. The first-order chi connectivity index (χ1) is 12.6. The summed E-state index contributed by atoms with van der Waals surface area (Å²) in [6.07, 6.45) is 3.66. The van der Waals surface area contributed by atoms with Crippen molar-refractivity contribution in [2.24, 2.45) is 0 Å². The molecule has 0 radical (unpaired) electrons. The molecule has 0 saturated carbocycles. The lowest BCUT2D eigenvalue weighted by Crippen LogP contribution is -2.28. The lowest BCUT2D eigenvalue weighted by atomic mass is 10.00. The van der Waals surface area contributed by atoms with E-state index in [2.05, 4.69) is 36.2 Å². The third kappa shape index (κ3) is 3.22. The van der Waals surface area contributed by atoms with Gasteiger partial charge in [-0.15, -0.1) is 11.8 Å². The molecule has 4 rings (SSSR count). The molecule has 1 aliphatic heterocycles. The molecule has 0 N–H and O–H groups in total. The van der Waals surface area contributed by atoms with E-state index in [1.807, 2.05) is 41.4 Å². The van der Waals surface area contributed by atoms with Crippen molar-refractivity contribution in [2.75, 3.05) is 10.7 Å². The van der Waals surface area contributed by atoms with Gasteiger partial charge in [-0.3, -0.25) is 14.7 Å². The number of aromatic nitrogens is 1. The van der Waals surface area contributed by atoms with E-state index in [9.17, 15) is 4.79 Å². The van der Waals surface area contributed by atoms with Crippen LogP contribution in [-0.2, 0) is 4.79 Å². The molecule has 1 unspecified atom stereocenters. The molecule has 1 saturated heterocycles. The number of amides is 1. The predicted molar refractivity (Wildman–Crippen MR) is 109 cm³/mol. The van der Waals surface area contributed by atoms with Gasteiger partial charge in [0.1, 0.15) is 5.37 Å². The maximum Gasteiger partial charge on any atom is 0.238 e. The number of hydrogen-bond acceptors (Lipinski definition) is 3. The minimum absolute atomic E-state index is 0.0842. The number of halogens is 1. The van der Waals surface area contributed by atoms with Gasteiger partial charge in [0.2, 0.25) is 5.91 Å². The summed E-state index contributed by atoms with van der Waals surface area (Å²) in [6, 6.07) is 17.9. The van der Waals surface area contributed by atoms with Crippen LogP contribution in [0.15, 0.2) is 67.0 Å². The summed E-state index contributed by atoms with van der Waals surface area (Å²) in [5, 5.41) is 0.502. The Hall–Kier alpha value is -2.30. The Morgan fingerprint density at radius 1 is 1.15 bits per heavy atom. The van der Waals surface area contributed by atoms with E-state index in [0.717, 1.165) is 22.4 Å². The van der Waals surface area contributed by atoms with Gasteiger partial charge in [-0.05, 0) is 42.3 Å². The van der Waals surface area contributed by atoms with Crippen LogP contribution in [0, 0.1) is 6.92 Å². The fraction of sp³-hybridized carbons (Fsp3) is 0.143. The summed E-state index contributed by atoms with van der Waals surface area (Å²) in [4.78, 5) is 18.8. The van der Waals surface area contributed by atoms with Gasteiger partial charge in [-0.1, -0.05) is 47.5 Å². The number of anilines is 1. The monoisotopic (exact) mass is 380 g/mol. The van der Waals surface area contributed by atoms with E-state index in [4.69, 9.17) is 11.6 Å². The van der Waals surface area contributed by atoms with Gasteiger partial charge in [0, 0.05) is 28.7 Å². The standard InChI is InChI=1S/C21H17ClN2OS/c1-14-5-7-15(8-6-14)18-9-10-23-12-19(18)21-24(20(25)13-26-21)17-4-2-3-16(22)11-17/h2-12,21H,13H2,1H3. The van der Waals surface area contributed by atoms with Crippen molar-refractivity contribution < 1.29 is 4.79 Å². The minimum Gasteiger partial charge on any atom is -0.295 e. The molecule has 0 bridgehead atoms. The van der Waals surface area contributed by atoms with Gasteiger partial charge < -0.3 is 0 Å². The van der Waals surface area contributed by atoms with Crippen molar-refractivity contribution in [3.63, 3.8) is 0 Å². The fourth-order valence-electron chi connectivity index (χ4n) is 3.16. The molecule has 1 atom stereocenters. The molecule has 2 heterocycles. The molecular formula is C21H17ClN2OS. The minimum atomic E-state index is -0.119. The quantitative estimate of drug-likeness (QED) is 0.602. The zero-order valence-electron chi connectivity index (χ0n) is 14.2. The number of nitrogens with zero attached hydrogens (tertiary/aromatic N) is 2. The zero-order valence-corrected chi connectivity index (χ0v) is 15.8. The highest BCUT2D eigenvalue weighted by Gasteiger charge is 2.35. The second-order valence-corrected chi connectivity index (χ2v) is 7.74. The van der Waals surface area contributed by atoms with Crippen LogP contribution in [-0.4, -0.2) is 16.6 Å². The Kier molecular flexibility index (Phi) is 4.70. The molecule has 3 nitrogen and oxygen atoms in total. The Balaban J connectivity index is 1.79. The van der Waals surface area contributed by atoms with E-state index in [1.54, 1.807) is 18.0 Å². The molecule has 5 heteroatoms. The average molecular weight is 381 g/mol. The van der Waals surface area contributed by atoms with Crippen molar-refractivity contribution >= 4 is 35.0 Å². The van der Waals surface area contributed by atoms with Gasteiger partial charge in [-0.25, -0.2) is 0 Å². The molecule has 0 spiro atoms. The van der Waals surface area contributed by atoms with Gasteiger partial charge >= 0.3 is 0 Å². The Morgan fingerprint density at radius 3 is 2.73 bits per heavy atom. The highest BCUT2D eigenvalue weighted by Crippen LogP contribution is 2.45. The van der Waals surface area contributed by atoms with Crippen LogP contribution in [0.25, 0.3) is 11.1 Å². The first kappa shape index (κ1) is 17.1. The van der Waals surface area contributed by atoms with Crippen molar-refractivity contribution in [2.45, 2.75) is 12.3 Å². The maximum atomic E-state index is 12.6. The van der Waals surface area contributed by atoms with Crippen molar-refractivity contribution in [3.05, 3.63) is 83.1 Å². The van der Waals surface area contributed by atoms with E-state index >= 15 is 0 Å². The van der Waals surface area contributed by atoms with Gasteiger partial charge in [0.15, 0.2) is 0 Å². The smallest absolute Gasteiger partial charge is 0.238 e. The van der Waals surface area contributed by atoms with Crippen LogP contribution >= 0.6 is 23.4 Å². The largest absolute Gasteiger partial charge is 0.295 e. The molecule has 1 fully saturated rings. The molecule has 130 valence electrons. The first-order valence-electron chi connectivity index (χ1n) is 8.33.